The summed E-state index contributed by atoms with van der Waals surface area (Å²) >= 11 is 0. The van der Waals surface area contributed by atoms with E-state index < -0.39 is 0 Å². The van der Waals surface area contributed by atoms with E-state index in [0.717, 1.165) is 29.7 Å². The van der Waals surface area contributed by atoms with Gasteiger partial charge in [0.25, 0.3) is 0 Å². The van der Waals surface area contributed by atoms with Gasteiger partial charge in [0.05, 0.1) is 5.69 Å². The van der Waals surface area contributed by atoms with Gasteiger partial charge in [-0.2, -0.15) is 0 Å². The zero-order chi connectivity index (χ0) is 11.8. The van der Waals surface area contributed by atoms with Gasteiger partial charge in [-0.3, -0.25) is 0 Å². The van der Waals surface area contributed by atoms with Crippen molar-refractivity contribution >= 4 is 5.82 Å². The van der Waals surface area contributed by atoms with E-state index in [0.29, 0.717) is 0 Å². The average Bonchev–Trinajstić information content (AvgIpc) is 3.00. The third kappa shape index (κ3) is 2.71. The molecule has 1 saturated carbocycles. The van der Waals surface area contributed by atoms with E-state index >= 15 is 0 Å². The lowest BCUT2D eigenvalue weighted by Gasteiger charge is -2.19. The van der Waals surface area contributed by atoms with Crippen molar-refractivity contribution in [2.45, 2.75) is 45.4 Å². The summed E-state index contributed by atoms with van der Waals surface area (Å²) in [6, 6.07) is 2.05. The van der Waals surface area contributed by atoms with E-state index in [1.165, 1.54) is 12.8 Å². The molecule has 2 rings (SSSR count). The molecule has 3 nitrogen and oxygen atoms in total. The van der Waals surface area contributed by atoms with Crippen LogP contribution in [0, 0.1) is 5.92 Å². The Morgan fingerprint density at radius 2 is 2.00 bits per heavy atom. The lowest BCUT2D eigenvalue weighted by Crippen LogP contribution is -2.16. The molecule has 0 radical (unpaired) electrons. The molecule has 88 valence electrons. The number of nitrogens with zero attached hydrogens (tertiary/aromatic N) is 2. The Morgan fingerprint density at radius 3 is 2.50 bits per heavy atom. The number of anilines is 1. The number of nitrogens with one attached hydrogen (secondary N) is 1. The second-order valence-corrected chi connectivity index (χ2v) is 5.70. The SMILES string of the molecule is CNc1cc(C(C)(C)C)nc(CC2CC2)n1. The highest BCUT2D eigenvalue weighted by molar-refractivity contribution is 5.37. The van der Waals surface area contributed by atoms with Crippen molar-refractivity contribution in [2.24, 2.45) is 5.92 Å². The van der Waals surface area contributed by atoms with Crippen LogP contribution in [0.5, 0.6) is 0 Å². The van der Waals surface area contributed by atoms with E-state index in [2.05, 4.69) is 42.1 Å². The molecular formula is C13H21N3. The molecule has 16 heavy (non-hydrogen) atoms. The normalized spacial score (nSPS) is 16.2. The fourth-order valence-corrected chi connectivity index (χ4v) is 1.68. The smallest absolute Gasteiger partial charge is 0.131 e. The quantitative estimate of drug-likeness (QED) is 0.849. The van der Waals surface area contributed by atoms with Crippen LogP contribution in [0.15, 0.2) is 6.07 Å². The largest absolute Gasteiger partial charge is 0.373 e. The van der Waals surface area contributed by atoms with E-state index in [1.54, 1.807) is 0 Å². The summed E-state index contributed by atoms with van der Waals surface area (Å²) in [6.07, 6.45) is 3.73. The van der Waals surface area contributed by atoms with Crippen molar-refractivity contribution in [3.05, 3.63) is 17.6 Å². The fourth-order valence-electron chi connectivity index (χ4n) is 1.68. The maximum atomic E-state index is 4.68. The molecule has 0 atom stereocenters. The molecule has 0 saturated heterocycles. The van der Waals surface area contributed by atoms with E-state index in [-0.39, 0.29) is 5.41 Å². The van der Waals surface area contributed by atoms with Crippen molar-refractivity contribution in [1.29, 1.82) is 0 Å². The van der Waals surface area contributed by atoms with Gasteiger partial charge in [0.1, 0.15) is 11.6 Å². The molecule has 3 heteroatoms. The molecule has 0 aliphatic heterocycles. The molecule has 1 heterocycles. The molecule has 1 aromatic rings. The molecule has 1 aromatic heterocycles. The maximum absolute atomic E-state index is 4.68. The minimum absolute atomic E-state index is 0.0901. The van der Waals surface area contributed by atoms with E-state index in [4.69, 9.17) is 0 Å². The average molecular weight is 219 g/mol. The Morgan fingerprint density at radius 1 is 1.31 bits per heavy atom. The first-order valence-corrected chi connectivity index (χ1v) is 6.05. The van der Waals surface area contributed by atoms with Crippen molar-refractivity contribution < 1.29 is 0 Å². The van der Waals surface area contributed by atoms with Crippen molar-refractivity contribution in [3.63, 3.8) is 0 Å². The second kappa shape index (κ2) is 4.04. The summed E-state index contributed by atoms with van der Waals surface area (Å²) in [6.45, 7) is 6.57. The van der Waals surface area contributed by atoms with Gasteiger partial charge in [0.2, 0.25) is 0 Å². The molecule has 1 fully saturated rings. The van der Waals surface area contributed by atoms with Crippen LogP contribution in [0.1, 0.15) is 45.1 Å². The van der Waals surface area contributed by atoms with Crippen molar-refractivity contribution in [1.82, 2.24) is 9.97 Å². The van der Waals surface area contributed by atoms with Crippen LogP contribution in [0.25, 0.3) is 0 Å². The Balaban J connectivity index is 2.29. The number of rotatable bonds is 3. The molecular weight excluding hydrogens is 198 g/mol. The number of hydrogen-bond donors (Lipinski definition) is 1. The minimum Gasteiger partial charge on any atom is -0.373 e. The Labute approximate surface area is 97.7 Å². The summed E-state index contributed by atoms with van der Waals surface area (Å²) in [5.74, 6) is 2.77. The summed E-state index contributed by atoms with van der Waals surface area (Å²) in [5.41, 5.74) is 1.22. The van der Waals surface area contributed by atoms with E-state index in [9.17, 15) is 0 Å². The predicted molar refractivity (Wildman–Crippen MR) is 66.7 cm³/mol. The highest BCUT2D eigenvalue weighted by atomic mass is 15.0. The van der Waals surface area contributed by atoms with Crippen LogP contribution in [-0.2, 0) is 11.8 Å². The maximum Gasteiger partial charge on any atom is 0.131 e. The van der Waals surface area contributed by atoms with E-state index in [1.807, 2.05) is 7.05 Å². The third-order valence-corrected chi connectivity index (χ3v) is 2.97. The van der Waals surface area contributed by atoms with Gasteiger partial charge in [-0.25, -0.2) is 9.97 Å². The Kier molecular flexibility index (Phi) is 2.87. The van der Waals surface area contributed by atoms with Crippen LogP contribution >= 0.6 is 0 Å². The predicted octanol–water partition coefficient (Wildman–Crippen LogP) is 2.77. The zero-order valence-corrected chi connectivity index (χ0v) is 10.7. The molecule has 1 aliphatic carbocycles. The summed E-state index contributed by atoms with van der Waals surface area (Å²) in [5, 5.41) is 3.12. The second-order valence-electron chi connectivity index (χ2n) is 5.70. The van der Waals surface area contributed by atoms with Crippen molar-refractivity contribution in [3.8, 4) is 0 Å². The van der Waals surface area contributed by atoms with Crippen LogP contribution < -0.4 is 5.32 Å². The standard InChI is InChI=1S/C13H21N3/c1-13(2,3)10-8-11(14-4)16-12(15-10)7-9-5-6-9/h8-9H,5-7H2,1-4H3,(H,14,15,16). The first kappa shape index (κ1) is 11.4. The molecule has 0 unspecified atom stereocenters. The van der Waals surface area contributed by atoms with Crippen LogP contribution in [0.2, 0.25) is 0 Å². The Bertz CT molecular complexity index is 375. The number of aromatic nitrogens is 2. The fraction of sp³-hybridized carbons (Fsp3) is 0.692. The van der Waals surface area contributed by atoms with Gasteiger partial charge in [-0.1, -0.05) is 20.8 Å². The van der Waals surface area contributed by atoms with Gasteiger partial charge in [-0.15, -0.1) is 0 Å². The van der Waals surface area contributed by atoms with Crippen LogP contribution in [0.4, 0.5) is 5.82 Å². The van der Waals surface area contributed by atoms with Gasteiger partial charge >= 0.3 is 0 Å². The zero-order valence-electron chi connectivity index (χ0n) is 10.7. The van der Waals surface area contributed by atoms with Crippen LogP contribution in [-0.4, -0.2) is 17.0 Å². The molecule has 0 bridgehead atoms. The highest BCUT2D eigenvalue weighted by Crippen LogP contribution is 2.32. The lowest BCUT2D eigenvalue weighted by molar-refractivity contribution is 0.560. The molecule has 0 amide bonds. The first-order valence-electron chi connectivity index (χ1n) is 6.05. The topological polar surface area (TPSA) is 37.8 Å². The Hall–Kier alpha value is -1.12. The molecule has 0 spiro atoms. The summed E-state index contributed by atoms with van der Waals surface area (Å²) < 4.78 is 0. The number of hydrogen-bond acceptors (Lipinski definition) is 3. The molecule has 1 N–H and O–H groups in total. The lowest BCUT2D eigenvalue weighted by atomic mass is 9.92. The molecule has 0 aromatic carbocycles. The van der Waals surface area contributed by atoms with Gasteiger partial charge in [0.15, 0.2) is 0 Å². The van der Waals surface area contributed by atoms with Crippen LogP contribution in [0.3, 0.4) is 0 Å². The minimum atomic E-state index is 0.0901. The summed E-state index contributed by atoms with van der Waals surface area (Å²) in [7, 11) is 1.91. The highest BCUT2D eigenvalue weighted by Gasteiger charge is 2.24. The van der Waals surface area contributed by atoms with Gasteiger partial charge in [-0.05, 0) is 18.8 Å². The third-order valence-electron chi connectivity index (χ3n) is 2.97. The van der Waals surface area contributed by atoms with Crippen molar-refractivity contribution in [2.75, 3.05) is 12.4 Å². The first-order chi connectivity index (χ1) is 7.49. The molecule has 1 aliphatic rings. The van der Waals surface area contributed by atoms with Gasteiger partial charge < -0.3 is 5.32 Å². The monoisotopic (exact) mass is 219 g/mol. The summed E-state index contributed by atoms with van der Waals surface area (Å²) in [4.78, 5) is 9.20. The van der Waals surface area contributed by atoms with Gasteiger partial charge in [0, 0.05) is 24.9 Å².